The van der Waals surface area contributed by atoms with Gasteiger partial charge in [0.15, 0.2) is 5.82 Å². The van der Waals surface area contributed by atoms with E-state index in [1.165, 1.54) is 0 Å². The molecule has 96 valence electrons. The van der Waals surface area contributed by atoms with Crippen LogP contribution in [0.2, 0.25) is 0 Å². The fraction of sp³-hybridized carbons (Fsp3) is 0.286. The second kappa shape index (κ2) is 4.20. The molecule has 1 aliphatic heterocycles. The molecule has 1 saturated heterocycles. The van der Waals surface area contributed by atoms with Crippen LogP contribution in [0.1, 0.15) is 18.2 Å². The van der Waals surface area contributed by atoms with Gasteiger partial charge in [-0.25, -0.2) is 0 Å². The molecule has 3 heterocycles. The van der Waals surface area contributed by atoms with Crippen molar-refractivity contribution < 1.29 is 9.26 Å². The molecule has 0 amide bonds. The Kier molecular flexibility index (Phi) is 2.38. The van der Waals surface area contributed by atoms with Gasteiger partial charge in [0, 0.05) is 24.1 Å². The van der Waals surface area contributed by atoms with Crippen molar-refractivity contribution in [2.75, 3.05) is 13.2 Å². The molecule has 1 atom stereocenters. The molecular formula is C14H13N3O2. The number of aromatic nitrogens is 3. The smallest absolute Gasteiger partial charge is 0.260 e. The topological polar surface area (TPSA) is 63.9 Å². The summed E-state index contributed by atoms with van der Waals surface area (Å²) < 4.78 is 10.8. The second-order valence-corrected chi connectivity index (χ2v) is 4.77. The lowest BCUT2D eigenvalue weighted by Crippen LogP contribution is -1.99. The fourth-order valence-electron chi connectivity index (χ4n) is 2.51. The second-order valence-electron chi connectivity index (χ2n) is 4.77. The Hall–Kier alpha value is -2.14. The van der Waals surface area contributed by atoms with Crippen molar-refractivity contribution in [2.24, 2.45) is 0 Å². The molecule has 0 unspecified atom stereocenters. The molecule has 4 rings (SSSR count). The normalized spacial score (nSPS) is 19.3. The molecule has 1 aliphatic rings. The minimum Gasteiger partial charge on any atom is -0.381 e. The number of hydrogen-bond acceptors (Lipinski definition) is 4. The van der Waals surface area contributed by atoms with Crippen LogP contribution < -0.4 is 0 Å². The van der Waals surface area contributed by atoms with Crippen LogP contribution in [0.4, 0.5) is 0 Å². The van der Waals surface area contributed by atoms with E-state index in [0.717, 1.165) is 35.3 Å². The van der Waals surface area contributed by atoms with Crippen molar-refractivity contribution in [3.63, 3.8) is 0 Å². The first-order chi connectivity index (χ1) is 9.42. The summed E-state index contributed by atoms with van der Waals surface area (Å²) in [6, 6.07) is 8.06. The molecule has 0 radical (unpaired) electrons. The maximum Gasteiger partial charge on any atom is 0.260 e. The lowest BCUT2D eigenvalue weighted by Gasteiger charge is -1.98. The molecule has 0 bridgehead atoms. The highest BCUT2D eigenvalue weighted by Gasteiger charge is 2.23. The molecule has 1 aromatic carbocycles. The van der Waals surface area contributed by atoms with Crippen LogP contribution in [0.15, 0.2) is 35.0 Å². The van der Waals surface area contributed by atoms with Crippen molar-refractivity contribution in [3.05, 3.63) is 36.3 Å². The Morgan fingerprint density at radius 1 is 1.26 bits per heavy atom. The van der Waals surface area contributed by atoms with Crippen molar-refractivity contribution in [1.82, 2.24) is 15.1 Å². The van der Waals surface area contributed by atoms with Gasteiger partial charge in [-0.2, -0.15) is 4.98 Å². The number of fused-ring (bicyclic) bond motifs is 1. The molecule has 1 fully saturated rings. The number of ether oxygens (including phenoxy) is 1. The van der Waals surface area contributed by atoms with Crippen LogP contribution in [-0.2, 0) is 4.74 Å². The van der Waals surface area contributed by atoms with Gasteiger partial charge in [0.2, 0.25) is 0 Å². The minimum atomic E-state index is 0.264. The molecule has 0 spiro atoms. The van der Waals surface area contributed by atoms with E-state index >= 15 is 0 Å². The summed E-state index contributed by atoms with van der Waals surface area (Å²) in [7, 11) is 0. The van der Waals surface area contributed by atoms with Gasteiger partial charge in [0.1, 0.15) is 0 Å². The third kappa shape index (κ3) is 1.74. The lowest BCUT2D eigenvalue weighted by molar-refractivity contribution is 0.192. The number of H-pyrrole nitrogens is 1. The Morgan fingerprint density at radius 2 is 2.26 bits per heavy atom. The van der Waals surface area contributed by atoms with Crippen molar-refractivity contribution in [1.29, 1.82) is 0 Å². The predicted octanol–water partition coefficient (Wildman–Crippen LogP) is 2.72. The molecule has 2 aromatic heterocycles. The van der Waals surface area contributed by atoms with E-state index in [1.54, 1.807) is 0 Å². The zero-order valence-corrected chi connectivity index (χ0v) is 10.3. The van der Waals surface area contributed by atoms with Crippen LogP contribution in [0.25, 0.3) is 22.4 Å². The van der Waals surface area contributed by atoms with E-state index in [9.17, 15) is 0 Å². The Bertz CT molecular complexity index is 710. The number of rotatable bonds is 2. The highest BCUT2D eigenvalue weighted by Crippen LogP contribution is 2.29. The standard InChI is InChI=1S/C14H13N3O2/c1-2-9-4-6-15-12(9)11(3-1)14-16-13(17-19-14)10-5-7-18-8-10/h1-4,6,10,15H,5,7-8H2/t10-/m1/s1. The molecule has 19 heavy (non-hydrogen) atoms. The highest BCUT2D eigenvalue weighted by molar-refractivity contribution is 5.91. The van der Waals surface area contributed by atoms with E-state index in [0.29, 0.717) is 12.5 Å². The Morgan fingerprint density at radius 3 is 3.16 bits per heavy atom. The number of benzene rings is 1. The van der Waals surface area contributed by atoms with Crippen LogP contribution in [-0.4, -0.2) is 28.3 Å². The van der Waals surface area contributed by atoms with Gasteiger partial charge < -0.3 is 14.2 Å². The number of nitrogens with one attached hydrogen (secondary N) is 1. The summed E-state index contributed by atoms with van der Waals surface area (Å²) in [5, 5.41) is 5.23. The highest BCUT2D eigenvalue weighted by atomic mass is 16.5. The third-order valence-corrected chi connectivity index (χ3v) is 3.55. The number of aromatic amines is 1. The molecule has 5 heteroatoms. The maximum atomic E-state index is 5.40. The van der Waals surface area contributed by atoms with Crippen molar-refractivity contribution in [3.8, 4) is 11.5 Å². The number of nitrogens with zero attached hydrogens (tertiary/aromatic N) is 2. The van der Waals surface area contributed by atoms with E-state index in [4.69, 9.17) is 9.26 Å². The fourth-order valence-corrected chi connectivity index (χ4v) is 2.51. The maximum absolute atomic E-state index is 5.40. The van der Waals surface area contributed by atoms with Crippen LogP contribution >= 0.6 is 0 Å². The van der Waals surface area contributed by atoms with Gasteiger partial charge >= 0.3 is 0 Å². The van der Waals surface area contributed by atoms with Gasteiger partial charge in [-0.1, -0.05) is 17.3 Å². The average Bonchev–Trinajstić information content (AvgIpc) is 3.18. The first kappa shape index (κ1) is 10.8. The molecule has 0 aliphatic carbocycles. The summed E-state index contributed by atoms with van der Waals surface area (Å²) in [6.45, 7) is 1.46. The Balaban J connectivity index is 1.77. The van der Waals surface area contributed by atoms with Gasteiger partial charge in [-0.05, 0) is 18.6 Å². The van der Waals surface area contributed by atoms with Crippen LogP contribution in [0.3, 0.4) is 0 Å². The molecule has 5 nitrogen and oxygen atoms in total. The zero-order valence-electron chi connectivity index (χ0n) is 10.3. The average molecular weight is 255 g/mol. The summed E-state index contributed by atoms with van der Waals surface area (Å²) in [6.07, 6.45) is 2.88. The van der Waals surface area contributed by atoms with Gasteiger partial charge in [0.05, 0.1) is 17.7 Å². The lowest BCUT2D eigenvalue weighted by atomic mass is 10.1. The molecule has 0 saturated carbocycles. The number of para-hydroxylation sites is 1. The zero-order chi connectivity index (χ0) is 12.7. The van der Waals surface area contributed by atoms with E-state index in [1.807, 2.05) is 24.4 Å². The molecule has 1 N–H and O–H groups in total. The summed E-state index contributed by atoms with van der Waals surface area (Å²) in [4.78, 5) is 7.73. The largest absolute Gasteiger partial charge is 0.381 e. The van der Waals surface area contributed by atoms with Crippen LogP contribution in [0.5, 0.6) is 0 Å². The first-order valence-corrected chi connectivity index (χ1v) is 6.39. The van der Waals surface area contributed by atoms with Crippen molar-refractivity contribution >= 4 is 10.9 Å². The monoisotopic (exact) mass is 255 g/mol. The minimum absolute atomic E-state index is 0.264. The molecular weight excluding hydrogens is 242 g/mol. The SMILES string of the molecule is c1cc(-c2nc([C@@H]3CCOC3)no2)c2[nH]ccc2c1. The van der Waals surface area contributed by atoms with Gasteiger partial charge in [0.25, 0.3) is 5.89 Å². The third-order valence-electron chi connectivity index (χ3n) is 3.55. The number of hydrogen-bond donors (Lipinski definition) is 1. The summed E-state index contributed by atoms with van der Waals surface area (Å²) in [5.74, 6) is 1.58. The van der Waals surface area contributed by atoms with E-state index in [2.05, 4.69) is 21.2 Å². The summed E-state index contributed by atoms with van der Waals surface area (Å²) >= 11 is 0. The van der Waals surface area contributed by atoms with Gasteiger partial charge in [-0.15, -0.1) is 0 Å². The van der Waals surface area contributed by atoms with Crippen LogP contribution in [0, 0.1) is 0 Å². The Labute approximate surface area is 109 Å². The van der Waals surface area contributed by atoms with Crippen molar-refractivity contribution in [2.45, 2.75) is 12.3 Å². The van der Waals surface area contributed by atoms with Gasteiger partial charge in [-0.3, -0.25) is 0 Å². The van der Waals surface area contributed by atoms with E-state index in [-0.39, 0.29) is 5.92 Å². The predicted molar refractivity (Wildman–Crippen MR) is 69.8 cm³/mol. The summed E-state index contributed by atoms with van der Waals surface area (Å²) in [5.41, 5.74) is 1.97. The van der Waals surface area contributed by atoms with E-state index < -0.39 is 0 Å². The quantitative estimate of drug-likeness (QED) is 0.764. The first-order valence-electron chi connectivity index (χ1n) is 6.39. The molecule has 3 aromatic rings.